The number of hydrogen-bond donors (Lipinski definition) is 2. The highest BCUT2D eigenvalue weighted by Gasteiger charge is 2.25. The first-order chi connectivity index (χ1) is 11.5. The molecule has 0 spiro atoms. The molecule has 0 saturated heterocycles. The van der Waals surface area contributed by atoms with Gasteiger partial charge >= 0.3 is 5.63 Å². The normalized spacial score (nSPS) is 12.2. The summed E-state index contributed by atoms with van der Waals surface area (Å²) in [4.78, 5) is 24.1. The van der Waals surface area contributed by atoms with Crippen LogP contribution in [0.15, 0.2) is 57.7 Å². The highest BCUT2D eigenvalue weighted by molar-refractivity contribution is 5.85. The van der Waals surface area contributed by atoms with Crippen LogP contribution in [0, 0.1) is 0 Å². The van der Waals surface area contributed by atoms with Crippen LogP contribution >= 0.6 is 0 Å². The molecule has 2 aromatic carbocycles. The average molecular weight is 324 g/mol. The molecule has 5 nitrogen and oxygen atoms in total. The van der Waals surface area contributed by atoms with Gasteiger partial charge in [0.1, 0.15) is 22.9 Å². The van der Waals surface area contributed by atoms with E-state index in [0.29, 0.717) is 10.9 Å². The van der Waals surface area contributed by atoms with Crippen LogP contribution < -0.4 is 5.63 Å². The summed E-state index contributed by atoms with van der Waals surface area (Å²) in [7, 11) is 0. The summed E-state index contributed by atoms with van der Waals surface area (Å²) in [6.07, 6.45) is 0.0431. The summed E-state index contributed by atoms with van der Waals surface area (Å²) in [5.41, 5.74) is 0.303. The van der Waals surface area contributed by atoms with Crippen molar-refractivity contribution in [2.24, 2.45) is 0 Å². The lowest BCUT2D eigenvalue weighted by Crippen LogP contribution is -2.16. The predicted molar refractivity (Wildman–Crippen MR) is 89.4 cm³/mol. The molecular weight excluding hydrogens is 308 g/mol. The Kier molecular flexibility index (Phi) is 4.08. The maximum atomic E-state index is 12.4. The molecular formula is C19H16O5. The first-order valence-electron chi connectivity index (χ1n) is 7.50. The number of ketones is 1. The quantitative estimate of drug-likeness (QED) is 0.719. The third kappa shape index (κ3) is 2.88. The van der Waals surface area contributed by atoms with Gasteiger partial charge < -0.3 is 14.6 Å². The van der Waals surface area contributed by atoms with Crippen LogP contribution in [-0.4, -0.2) is 16.0 Å². The van der Waals surface area contributed by atoms with Gasteiger partial charge in [0.05, 0.1) is 10.9 Å². The van der Waals surface area contributed by atoms with E-state index >= 15 is 0 Å². The number of fused-ring (bicyclic) bond motifs is 1. The lowest BCUT2D eigenvalue weighted by molar-refractivity contribution is -0.117. The van der Waals surface area contributed by atoms with Crippen molar-refractivity contribution >= 4 is 16.8 Å². The molecule has 0 unspecified atom stereocenters. The Morgan fingerprint density at radius 3 is 2.42 bits per heavy atom. The van der Waals surface area contributed by atoms with Crippen molar-refractivity contribution < 1.29 is 19.4 Å². The van der Waals surface area contributed by atoms with Gasteiger partial charge in [-0.3, -0.25) is 4.79 Å². The van der Waals surface area contributed by atoms with E-state index in [4.69, 9.17) is 4.42 Å². The Labute approximate surface area is 137 Å². The van der Waals surface area contributed by atoms with Gasteiger partial charge in [-0.1, -0.05) is 24.3 Å². The number of benzene rings is 2. The Morgan fingerprint density at radius 1 is 1.08 bits per heavy atom. The van der Waals surface area contributed by atoms with E-state index in [2.05, 4.69) is 0 Å². The number of aromatic hydroxyl groups is 2. The average Bonchev–Trinajstić information content (AvgIpc) is 2.54. The van der Waals surface area contributed by atoms with Gasteiger partial charge in [-0.2, -0.15) is 0 Å². The van der Waals surface area contributed by atoms with E-state index in [1.807, 2.05) is 0 Å². The molecule has 0 bridgehead atoms. The van der Waals surface area contributed by atoms with Crippen LogP contribution in [0.3, 0.4) is 0 Å². The molecule has 5 heteroatoms. The smallest absolute Gasteiger partial charge is 0.343 e. The van der Waals surface area contributed by atoms with Crippen LogP contribution in [-0.2, 0) is 4.79 Å². The van der Waals surface area contributed by atoms with Crippen molar-refractivity contribution in [1.29, 1.82) is 0 Å². The van der Waals surface area contributed by atoms with Crippen molar-refractivity contribution in [2.45, 2.75) is 19.3 Å². The van der Waals surface area contributed by atoms with Crippen LogP contribution in [0.4, 0.5) is 0 Å². The van der Waals surface area contributed by atoms with Gasteiger partial charge in [-0.25, -0.2) is 4.79 Å². The fourth-order valence-electron chi connectivity index (χ4n) is 2.84. The second-order valence-corrected chi connectivity index (χ2v) is 5.70. The van der Waals surface area contributed by atoms with E-state index in [-0.39, 0.29) is 34.8 Å². The van der Waals surface area contributed by atoms with Crippen molar-refractivity contribution in [3.8, 4) is 11.5 Å². The number of phenols is 1. The monoisotopic (exact) mass is 324 g/mol. The summed E-state index contributed by atoms with van der Waals surface area (Å²) in [6, 6.07) is 12.9. The van der Waals surface area contributed by atoms with Gasteiger partial charge in [0.15, 0.2) is 0 Å². The standard InChI is InChI=1S/C19H16O5/c1-11(20)10-15(12-6-8-13(21)9-7-12)17-18(22)14-4-2-3-5-16(14)24-19(17)23/h2-9,15,21-22H,10H2,1H3/t15-/m0/s1. The molecule has 0 saturated carbocycles. The van der Waals surface area contributed by atoms with Gasteiger partial charge in [0.2, 0.25) is 0 Å². The second-order valence-electron chi connectivity index (χ2n) is 5.70. The molecule has 1 atom stereocenters. The highest BCUT2D eigenvalue weighted by Crippen LogP contribution is 2.36. The summed E-state index contributed by atoms with van der Waals surface area (Å²) in [5.74, 6) is -0.875. The second kappa shape index (κ2) is 6.20. The zero-order chi connectivity index (χ0) is 17.3. The van der Waals surface area contributed by atoms with Gasteiger partial charge in [-0.15, -0.1) is 0 Å². The fraction of sp³-hybridized carbons (Fsp3) is 0.158. The number of Topliss-reactive ketones (excluding diaryl/α,β-unsaturated/α-hetero) is 1. The first-order valence-corrected chi connectivity index (χ1v) is 7.50. The van der Waals surface area contributed by atoms with E-state index in [0.717, 1.165) is 0 Å². The molecule has 0 radical (unpaired) electrons. The first kappa shape index (κ1) is 15.8. The zero-order valence-electron chi connectivity index (χ0n) is 13.0. The van der Waals surface area contributed by atoms with Crippen molar-refractivity contribution in [1.82, 2.24) is 0 Å². The summed E-state index contributed by atoms with van der Waals surface area (Å²) in [5, 5.41) is 20.5. The molecule has 24 heavy (non-hydrogen) atoms. The minimum atomic E-state index is -0.675. The molecule has 0 amide bonds. The number of carbonyl (C=O) groups excluding carboxylic acids is 1. The predicted octanol–water partition coefficient (Wildman–Crippen LogP) is 3.32. The van der Waals surface area contributed by atoms with Crippen LogP contribution in [0.25, 0.3) is 11.0 Å². The summed E-state index contributed by atoms with van der Waals surface area (Å²) < 4.78 is 5.31. The molecule has 122 valence electrons. The molecule has 0 fully saturated rings. The zero-order valence-corrected chi connectivity index (χ0v) is 13.0. The Bertz CT molecular complexity index is 954. The number of para-hydroxylation sites is 1. The fourth-order valence-corrected chi connectivity index (χ4v) is 2.84. The lowest BCUT2D eigenvalue weighted by Gasteiger charge is -2.17. The van der Waals surface area contributed by atoms with Crippen LogP contribution in [0.5, 0.6) is 11.5 Å². The SMILES string of the molecule is CC(=O)C[C@@H](c1ccc(O)cc1)c1c(O)c2ccccc2oc1=O. The maximum absolute atomic E-state index is 12.4. The van der Waals surface area contributed by atoms with Crippen LogP contribution in [0.1, 0.15) is 30.4 Å². The molecule has 0 aliphatic carbocycles. The van der Waals surface area contributed by atoms with Gasteiger partial charge in [-0.05, 0) is 36.8 Å². The molecule has 2 N–H and O–H groups in total. The van der Waals surface area contributed by atoms with E-state index in [1.54, 1.807) is 36.4 Å². The Morgan fingerprint density at radius 2 is 1.75 bits per heavy atom. The van der Waals surface area contributed by atoms with Crippen molar-refractivity contribution in [2.75, 3.05) is 0 Å². The summed E-state index contributed by atoms with van der Waals surface area (Å²) in [6.45, 7) is 1.42. The minimum absolute atomic E-state index is 0.0431. The lowest BCUT2D eigenvalue weighted by atomic mass is 9.87. The third-order valence-corrected chi connectivity index (χ3v) is 3.96. The largest absolute Gasteiger partial charge is 0.508 e. The number of hydrogen-bond acceptors (Lipinski definition) is 5. The molecule has 0 aliphatic rings. The maximum Gasteiger partial charge on any atom is 0.343 e. The molecule has 1 heterocycles. The minimum Gasteiger partial charge on any atom is -0.508 e. The summed E-state index contributed by atoms with van der Waals surface area (Å²) >= 11 is 0. The van der Waals surface area contributed by atoms with E-state index in [9.17, 15) is 19.8 Å². The molecule has 3 rings (SSSR count). The molecule has 1 aromatic heterocycles. The topological polar surface area (TPSA) is 87.7 Å². The third-order valence-electron chi connectivity index (χ3n) is 3.96. The number of carbonyl (C=O) groups is 1. The number of phenolic OH excluding ortho intramolecular Hbond substituents is 1. The van der Waals surface area contributed by atoms with E-state index < -0.39 is 11.5 Å². The highest BCUT2D eigenvalue weighted by atomic mass is 16.4. The van der Waals surface area contributed by atoms with Crippen LogP contribution in [0.2, 0.25) is 0 Å². The molecule has 3 aromatic rings. The van der Waals surface area contributed by atoms with Crippen molar-refractivity contribution in [3.63, 3.8) is 0 Å². The van der Waals surface area contributed by atoms with Gasteiger partial charge in [0, 0.05) is 12.3 Å². The number of rotatable bonds is 4. The Hall–Kier alpha value is -3.08. The van der Waals surface area contributed by atoms with Gasteiger partial charge in [0.25, 0.3) is 0 Å². The van der Waals surface area contributed by atoms with E-state index in [1.165, 1.54) is 19.1 Å². The van der Waals surface area contributed by atoms with Crippen molar-refractivity contribution in [3.05, 3.63) is 70.1 Å². The Balaban J connectivity index is 2.24. The molecule has 0 aliphatic heterocycles.